The number of rotatable bonds is 6. The molecule has 2 aromatic rings. The zero-order valence-corrected chi connectivity index (χ0v) is 12.4. The van der Waals surface area contributed by atoms with E-state index in [1.807, 2.05) is 72.5 Å². The van der Waals surface area contributed by atoms with Gasteiger partial charge in [0.2, 0.25) is 5.91 Å². The first kappa shape index (κ1) is 15.3. The molecule has 0 aromatic heterocycles. The predicted molar refractivity (Wildman–Crippen MR) is 85.4 cm³/mol. The van der Waals surface area contributed by atoms with Crippen molar-refractivity contribution >= 4 is 5.91 Å². The molecule has 3 nitrogen and oxygen atoms in total. The number of nitrogens with two attached hydrogens (primary N) is 1. The lowest BCUT2D eigenvalue weighted by molar-refractivity contribution is -0.133. The predicted octanol–water partition coefficient (Wildman–Crippen LogP) is 2.95. The van der Waals surface area contributed by atoms with Crippen LogP contribution in [0.2, 0.25) is 0 Å². The number of amides is 1. The molecule has 0 radical (unpaired) electrons. The fraction of sp³-hybridized carbons (Fsp3) is 0.278. The summed E-state index contributed by atoms with van der Waals surface area (Å²) in [4.78, 5) is 14.3. The molecule has 21 heavy (non-hydrogen) atoms. The third kappa shape index (κ3) is 4.43. The third-order valence-electron chi connectivity index (χ3n) is 3.50. The van der Waals surface area contributed by atoms with Crippen LogP contribution >= 0.6 is 0 Å². The van der Waals surface area contributed by atoms with Crippen molar-refractivity contribution in [1.82, 2.24) is 4.90 Å². The molecule has 0 unspecified atom stereocenters. The van der Waals surface area contributed by atoms with E-state index in [0.717, 1.165) is 11.1 Å². The molecule has 0 bridgehead atoms. The van der Waals surface area contributed by atoms with Gasteiger partial charge in [0.05, 0.1) is 6.04 Å². The first-order chi connectivity index (χ1) is 10.2. The van der Waals surface area contributed by atoms with E-state index >= 15 is 0 Å². The zero-order valence-electron chi connectivity index (χ0n) is 12.4. The van der Waals surface area contributed by atoms with Crippen molar-refractivity contribution in [3.63, 3.8) is 0 Å². The highest BCUT2D eigenvalue weighted by molar-refractivity contribution is 5.81. The molecule has 0 heterocycles. The van der Waals surface area contributed by atoms with Gasteiger partial charge >= 0.3 is 0 Å². The molecular weight excluding hydrogens is 260 g/mol. The standard InChI is InChI=1S/C18H22N2O/c1-2-17(19)18(21)20(13-15-9-5-3-6-10-15)14-16-11-7-4-8-12-16/h3-12,17H,2,13-14,19H2,1H3/t17-/m1/s1. The smallest absolute Gasteiger partial charge is 0.240 e. The van der Waals surface area contributed by atoms with Gasteiger partial charge in [-0.1, -0.05) is 67.6 Å². The van der Waals surface area contributed by atoms with Gasteiger partial charge in [0.1, 0.15) is 0 Å². The van der Waals surface area contributed by atoms with E-state index in [1.54, 1.807) is 0 Å². The molecule has 0 aliphatic rings. The fourth-order valence-electron chi connectivity index (χ4n) is 2.23. The Balaban J connectivity index is 2.16. The molecule has 2 rings (SSSR count). The summed E-state index contributed by atoms with van der Waals surface area (Å²) in [5.74, 6) is 0.00482. The van der Waals surface area contributed by atoms with Gasteiger partial charge in [0.15, 0.2) is 0 Å². The second-order valence-corrected chi connectivity index (χ2v) is 5.18. The molecule has 0 aliphatic heterocycles. The lowest BCUT2D eigenvalue weighted by Gasteiger charge is -2.25. The number of hydrogen-bond donors (Lipinski definition) is 1. The van der Waals surface area contributed by atoms with Crippen LogP contribution in [-0.4, -0.2) is 16.8 Å². The molecule has 2 aromatic carbocycles. The average molecular weight is 282 g/mol. The van der Waals surface area contributed by atoms with Crippen molar-refractivity contribution in [2.45, 2.75) is 32.5 Å². The van der Waals surface area contributed by atoms with Crippen LogP contribution < -0.4 is 5.73 Å². The zero-order chi connectivity index (χ0) is 15.1. The lowest BCUT2D eigenvalue weighted by Crippen LogP contribution is -2.42. The SMILES string of the molecule is CC[C@@H](N)C(=O)N(Cc1ccccc1)Cc1ccccc1. The summed E-state index contributed by atoms with van der Waals surface area (Å²) in [6.07, 6.45) is 0.652. The Morgan fingerprint density at radius 1 is 0.952 bits per heavy atom. The van der Waals surface area contributed by atoms with Crippen molar-refractivity contribution in [2.24, 2.45) is 5.73 Å². The molecule has 3 heteroatoms. The normalized spacial score (nSPS) is 11.9. The minimum absolute atomic E-state index is 0.00482. The summed E-state index contributed by atoms with van der Waals surface area (Å²) in [6.45, 7) is 3.11. The summed E-state index contributed by atoms with van der Waals surface area (Å²) in [6, 6.07) is 19.6. The Kier molecular flexibility index (Phi) is 5.52. The van der Waals surface area contributed by atoms with Crippen LogP contribution in [0.15, 0.2) is 60.7 Å². The Bertz CT molecular complexity index is 512. The first-order valence-electron chi connectivity index (χ1n) is 7.33. The Labute approximate surface area is 126 Å². The van der Waals surface area contributed by atoms with Crippen LogP contribution in [0, 0.1) is 0 Å². The molecule has 1 atom stereocenters. The fourth-order valence-corrected chi connectivity index (χ4v) is 2.23. The van der Waals surface area contributed by atoms with Crippen LogP contribution in [0.5, 0.6) is 0 Å². The van der Waals surface area contributed by atoms with Crippen LogP contribution in [-0.2, 0) is 17.9 Å². The first-order valence-corrected chi connectivity index (χ1v) is 7.33. The highest BCUT2D eigenvalue weighted by Gasteiger charge is 2.20. The van der Waals surface area contributed by atoms with Gasteiger partial charge in [-0.05, 0) is 17.5 Å². The number of carbonyl (C=O) groups excluding carboxylic acids is 1. The van der Waals surface area contributed by atoms with Gasteiger partial charge in [0, 0.05) is 13.1 Å². The monoisotopic (exact) mass is 282 g/mol. The summed E-state index contributed by atoms with van der Waals surface area (Å²) >= 11 is 0. The van der Waals surface area contributed by atoms with Crippen LogP contribution in [0.4, 0.5) is 0 Å². The van der Waals surface area contributed by atoms with Crippen molar-refractivity contribution in [3.8, 4) is 0 Å². The molecule has 0 saturated carbocycles. The maximum atomic E-state index is 12.5. The molecule has 0 spiro atoms. The molecule has 0 fully saturated rings. The van der Waals surface area contributed by atoms with Gasteiger partial charge in [-0.25, -0.2) is 0 Å². The third-order valence-corrected chi connectivity index (χ3v) is 3.50. The van der Waals surface area contributed by atoms with Crippen molar-refractivity contribution in [3.05, 3.63) is 71.8 Å². The topological polar surface area (TPSA) is 46.3 Å². The summed E-state index contributed by atoms with van der Waals surface area (Å²) in [5.41, 5.74) is 8.17. The second-order valence-electron chi connectivity index (χ2n) is 5.18. The average Bonchev–Trinajstić information content (AvgIpc) is 2.54. The highest BCUT2D eigenvalue weighted by atomic mass is 16.2. The second kappa shape index (κ2) is 7.60. The highest BCUT2D eigenvalue weighted by Crippen LogP contribution is 2.12. The van der Waals surface area contributed by atoms with E-state index in [9.17, 15) is 4.79 Å². The summed E-state index contributed by atoms with van der Waals surface area (Å²) in [5, 5.41) is 0. The molecule has 2 N–H and O–H groups in total. The summed E-state index contributed by atoms with van der Waals surface area (Å²) < 4.78 is 0. The number of nitrogens with zero attached hydrogens (tertiary/aromatic N) is 1. The Morgan fingerprint density at radius 3 is 1.76 bits per heavy atom. The van der Waals surface area contributed by atoms with E-state index in [1.165, 1.54) is 0 Å². The minimum atomic E-state index is -0.433. The van der Waals surface area contributed by atoms with Gasteiger partial charge in [0.25, 0.3) is 0 Å². The molecule has 0 saturated heterocycles. The Hall–Kier alpha value is -2.13. The van der Waals surface area contributed by atoms with Crippen molar-refractivity contribution in [2.75, 3.05) is 0 Å². The van der Waals surface area contributed by atoms with Crippen molar-refractivity contribution < 1.29 is 4.79 Å². The van der Waals surface area contributed by atoms with Gasteiger partial charge in [-0.3, -0.25) is 4.79 Å². The van der Waals surface area contributed by atoms with Crippen molar-refractivity contribution in [1.29, 1.82) is 0 Å². The Morgan fingerprint density at radius 2 is 1.38 bits per heavy atom. The van der Waals surface area contributed by atoms with E-state index in [0.29, 0.717) is 19.5 Å². The van der Waals surface area contributed by atoms with E-state index in [2.05, 4.69) is 0 Å². The number of carbonyl (C=O) groups is 1. The summed E-state index contributed by atoms with van der Waals surface area (Å²) in [7, 11) is 0. The molecular formula is C18H22N2O. The maximum absolute atomic E-state index is 12.5. The van der Waals surface area contributed by atoms with Crippen LogP contribution in [0.25, 0.3) is 0 Å². The van der Waals surface area contributed by atoms with E-state index < -0.39 is 6.04 Å². The molecule has 1 amide bonds. The molecule has 0 aliphatic carbocycles. The van der Waals surface area contributed by atoms with Gasteiger partial charge in [-0.15, -0.1) is 0 Å². The largest absolute Gasteiger partial charge is 0.333 e. The molecule has 110 valence electrons. The van der Waals surface area contributed by atoms with Gasteiger partial charge in [-0.2, -0.15) is 0 Å². The number of hydrogen-bond acceptors (Lipinski definition) is 2. The van der Waals surface area contributed by atoms with Crippen LogP contribution in [0.3, 0.4) is 0 Å². The van der Waals surface area contributed by atoms with E-state index in [4.69, 9.17) is 5.73 Å². The van der Waals surface area contributed by atoms with Gasteiger partial charge < -0.3 is 10.6 Å². The lowest BCUT2D eigenvalue weighted by atomic mass is 10.1. The quantitative estimate of drug-likeness (QED) is 0.885. The van der Waals surface area contributed by atoms with E-state index in [-0.39, 0.29) is 5.91 Å². The maximum Gasteiger partial charge on any atom is 0.240 e. The number of benzene rings is 2. The van der Waals surface area contributed by atoms with Crippen LogP contribution in [0.1, 0.15) is 24.5 Å². The minimum Gasteiger partial charge on any atom is -0.333 e.